The Balaban J connectivity index is 1.98. The summed E-state index contributed by atoms with van der Waals surface area (Å²) in [6, 6.07) is 19.7. The van der Waals surface area contributed by atoms with Crippen molar-refractivity contribution in [3.8, 4) is 11.8 Å². The van der Waals surface area contributed by atoms with Crippen molar-refractivity contribution in [2.45, 2.75) is 13.0 Å². The van der Waals surface area contributed by atoms with Gasteiger partial charge in [0.1, 0.15) is 12.4 Å². The molecule has 0 aliphatic heterocycles. The molecular weight excluding hydrogens is 250 g/mol. The van der Waals surface area contributed by atoms with Gasteiger partial charge >= 0.3 is 0 Å². The number of hydrogen-bond acceptors (Lipinski definition) is 3. The topological polar surface area (TPSA) is 53.2 Å². The molecule has 3 nitrogen and oxygen atoms in total. The van der Waals surface area contributed by atoms with Crippen molar-refractivity contribution < 1.29 is 9.84 Å². The average Bonchev–Trinajstić information content (AvgIpc) is 2.52. The number of aliphatic hydroxyl groups is 1. The van der Waals surface area contributed by atoms with E-state index in [1.165, 1.54) is 0 Å². The lowest BCUT2D eigenvalue weighted by Crippen LogP contribution is -2.06. The molecule has 1 N–H and O–H groups in total. The highest BCUT2D eigenvalue weighted by Gasteiger charge is 2.07. The smallest absolute Gasteiger partial charge is 0.120 e. The molecule has 0 saturated heterocycles. The summed E-state index contributed by atoms with van der Waals surface area (Å²) in [6.45, 7) is 0.400. The second kappa shape index (κ2) is 7.32. The molecule has 0 fully saturated rings. The predicted octanol–water partition coefficient (Wildman–Crippen LogP) is 2.94. The number of ether oxygens (including phenoxy) is 1. The van der Waals surface area contributed by atoms with Gasteiger partial charge in [0.2, 0.25) is 0 Å². The summed E-state index contributed by atoms with van der Waals surface area (Å²) in [5, 5.41) is 17.9. The van der Waals surface area contributed by atoms with E-state index in [1.807, 2.05) is 54.6 Å². The van der Waals surface area contributed by atoms with E-state index in [0.717, 1.165) is 16.9 Å². The molecule has 0 aliphatic carbocycles. The third kappa shape index (κ3) is 4.11. The largest absolute Gasteiger partial charge is 0.489 e. The molecule has 3 heteroatoms. The normalized spacial score (nSPS) is 11.6. The zero-order valence-corrected chi connectivity index (χ0v) is 11.2. The maximum atomic E-state index is 9.05. The lowest BCUT2D eigenvalue weighted by molar-refractivity contribution is 0.255. The van der Waals surface area contributed by atoms with Crippen molar-refractivity contribution in [3.05, 3.63) is 65.7 Å². The number of benzene rings is 2. The lowest BCUT2D eigenvalue weighted by Gasteiger charge is -2.09. The predicted molar refractivity (Wildman–Crippen MR) is 77.1 cm³/mol. The molecule has 0 amide bonds. The monoisotopic (exact) mass is 267 g/mol. The van der Waals surface area contributed by atoms with Crippen LogP contribution in [0.1, 0.15) is 11.1 Å². The first-order valence-corrected chi connectivity index (χ1v) is 6.58. The Morgan fingerprint density at radius 1 is 1.05 bits per heavy atom. The molecule has 0 saturated carbocycles. The summed E-state index contributed by atoms with van der Waals surface area (Å²) < 4.78 is 5.74. The molecule has 1 atom stereocenters. The first-order valence-electron chi connectivity index (χ1n) is 6.58. The standard InChI is InChI=1S/C17H17NO2/c18-11-16(12-19)9-15-7-4-8-17(10-15)20-13-14-5-2-1-3-6-14/h1-8,10,16,19H,9,12-13H2. The highest BCUT2D eigenvalue weighted by atomic mass is 16.5. The van der Waals surface area contributed by atoms with Crippen molar-refractivity contribution in [3.63, 3.8) is 0 Å². The summed E-state index contributed by atoms with van der Waals surface area (Å²) in [6.07, 6.45) is 0.537. The molecule has 2 aromatic carbocycles. The van der Waals surface area contributed by atoms with Gasteiger partial charge in [-0.2, -0.15) is 5.26 Å². The van der Waals surface area contributed by atoms with Gasteiger partial charge < -0.3 is 9.84 Å². The zero-order chi connectivity index (χ0) is 14.2. The minimum Gasteiger partial charge on any atom is -0.489 e. The van der Waals surface area contributed by atoms with Crippen LogP contribution in [0.5, 0.6) is 5.75 Å². The second-order valence-electron chi connectivity index (χ2n) is 4.63. The quantitative estimate of drug-likeness (QED) is 0.875. The second-order valence-corrected chi connectivity index (χ2v) is 4.63. The molecule has 102 valence electrons. The van der Waals surface area contributed by atoms with Crippen LogP contribution in [0.25, 0.3) is 0 Å². The van der Waals surface area contributed by atoms with E-state index >= 15 is 0 Å². The Morgan fingerprint density at radius 2 is 1.80 bits per heavy atom. The van der Waals surface area contributed by atoms with Crippen molar-refractivity contribution in [1.82, 2.24) is 0 Å². The fourth-order valence-corrected chi connectivity index (χ4v) is 1.94. The molecule has 0 spiro atoms. The van der Waals surface area contributed by atoms with E-state index < -0.39 is 0 Å². The van der Waals surface area contributed by atoms with E-state index in [1.54, 1.807) is 0 Å². The van der Waals surface area contributed by atoms with Crippen LogP contribution in [-0.2, 0) is 13.0 Å². The van der Waals surface area contributed by atoms with E-state index in [9.17, 15) is 0 Å². The van der Waals surface area contributed by atoms with Crippen LogP contribution < -0.4 is 4.74 Å². The first-order chi connectivity index (χ1) is 9.81. The maximum absolute atomic E-state index is 9.05. The minimum absolute atomic E-state index is 0.119. The van der Waals surface area contributed by atoms with Crippen LogP contribution in [0.15, 0.2) is 54.6 Å². The van der Waals surface area contributed by atoms with E-state index in [4.69, 9.17) is 15.1 Å². The van der Waals surface area contributed by atoms with Crippen LogP contribution in [0.2, 0.25) is 0 Å². The van der Waals surface area contributed by atoms with Crippen LogP contribution >= 0.6 is 0 Å². The minimum atomic E-state index is -0.362. The zero-order valence-electron chi connectivity index (χ0n) is 11.2. The summed E-state index contributed by atoms with van der Waals surface area (Å²) in [7, 11) is 0. The average molecular weight is 267 g/mol. The Bertz CT molecular complexity index is 575. The molecule has 0 radical (unpaired) electrons. The summed E-state index contributed by atoms with van der Waals surface area (Å²) in [4.78, 5) is 0. The third-order valence-corrected chi connectivity index (χ3v) is 3.03. The molecule has 2 rings (SSSR count). The molecular formula is C17H17NO2. The molecule has 20 heavy (non-hydrogen) atoms. The van der Waals surface area contributed by atoms with Crippen molar-refractivity contribution >= 4 is 0 Å². The SMILES string of the molecule is N#CC(CO)Cc1cccc(OCc2ccccc2)c1. The first kappa shape index (κ1) is 14.1. The number of aliphatic hydroxyl groups excluding tert-OH is 1. The maximum Gasteiger partial charge on any atom is 0.120 e. The van der Waals surface area contributed by atoms with Gasteiger partial charge in [-0.05, 0) is 29.7 Å². The highest BCUT2D eigenvalue weighted by molar-refractivity contribution is 5.29. The van der Waals surface area contributed by atoms with Crippen molar-refractivity contribution in [2.24, 2.45) is 5.92 Å². The van der Waals surface area contributed by atoms with Gasteiger partial charge in [-0.3, -0.25) is 0 Å². The van der Waals surface area contributed by atoms with E-state index in [2.05, 4.69) is 6.07 Å². The number of nitrogens with zero attached hydrogens (tertiary/aromatic N) is 1. The summed E-state index contributed by atoms with van der Waals surface area (Å²) in [5.41, 5.74) is 2.11. The summed E-state index contributed by atoms with van der Waals surface area (Å²) in [5.74, 6) is 0.417. The fraction of sp³-hybridized carbons (Fsp3) is 0.235. The number of rotatable bonds is 6. The van der Waals surface area contributed by atoms with E-state index in [-0.39, 0.29) is 12.5 Å². The lowest BCUT2D eigenvalue weighted by atomic mass is 10.0. The third-order valence-electron chi connectivity index (χ3n) is 3.03. The van der Waals surface area contributed by atoms with Crippen LogP contribution in [-0.4, -0.2) is 11.7 Å². The van der Waals surface area contributed by atoms with Gasteiger partial charge in [-0.25, -0.2) is 0 Å². The van der Waals surface area contributed by atoms with Gasteiger partial charge in [0, 0.05) is 0 Å². The Labute approximate surface area is 119 Å². The molecule has 0 aliphatic rings. The van der Waals surface area contributed by atoms with Gasteiger partial charge in [0.15, 0.2) is 0 Å². The molecule has 2 aromatic rings. The van der Waals surface area contributed by atoms with Crippen molar-refractivity contribution in [2.75, 3.05) is 6.61 Å². The van der Waals surface area contributed by atoms with Crippen LogP contribution in [0.3, 0.4) is 0 Å². The Morgan fingerprint density at radius 3 is 2.50 bits per heavy atom. The van der Waals surface area contributed by atoms with Crippen molar-refractivity contribution in [1.29, 1.82) is 5.26 Å². The molecule has 1 unspecified atom stereocenters. The highest BCUT2D eigenvalue weighted by Crippen LogP contribution is 2.17. The van der Waals surface area contributed by atoms with Crippen LogP contribution in [0.4, 0.5) is 0 Å². The Hall–Kier alpha value is -2.31. The summed E-state index contributed by atoms with van der Waals surface area (Å²) >= 11 is 0. The number of nitriles is 1. The molecule has 0 heterocycles. The van der Waals surface area contributed by atoms with E-state index in [0.29, 0.717) is 13.0 Å². The fourth-order valence-electron chi connectivity index (χ4n) is 1.94. The van der Waals surface area contributed by atoms with Crippen LogP contribution in [0, 0.1) is 17.2 Å². The van der Waals surface area contributed by atoms with Gasteiger partial charge in [0.25, 0.3) is 0 Å². The molecule has 0 bridgehead atoms. The van der Waals surface area contributed by atoms with Gasteiger partial charge in [-0.15, -0.1) is 0 Å². The molecule has 0 aromatic heterocycles. The Kier molecular flexibility index (Phi) is 5.16. The van der Waals surface area contributed by atoms with Gasteiger partial charge in [-0.1, -0.05) is 42.5 Å². The van der Waals surface area contributed by atoms with Gasteiger partial charge in [0.05, 0.1) is 18.6 Å². The number of hydrogen-bond donors (Lipinski definition) is 1.